The first-order valence-corrected chi connectivity index (χ1v) is 8.17. The Labute approximate surface area is 122 Å². The third-order valence-corrected chi connectivity index (χ3v) is 5.59. The number of hydrogen-bond donors (Lipinski definition) is 1. The van der Waals surface area contributed by atoms with Crippen molar-refractivity contribution in [1.29, 1.82) is 0 Å². The molecule has 0 heterocycles. The molecule has 2 aliphatic rings. The number of benzene rings is 1. The molecule has 0 radical (unpaired) electrons. The maximum Gasteiger partial charge on any atom is 0.122 e. The van der Waals surface area contributed by atoms with E-state index in [2.05, 4.69) is 18.2 Å². The molecule has 2 N–H and O–H groups in total. The predicted molar refractivity (Wildman–Crippen MR) is 83.4 cm³/mol. The van der Waals surface area contributed by atoms with E-state index in [0.717, 1.165) is 12.3 Å². The first kappa shape index (κ1) is 13.9. The van der Waals surface area contributed by atoms with Gasteiger partial charge >= 0.3 is 0 Å². The molecule has 1 aromatic carbocycles. The fourth-order valence-electron chi connectivity index (χ4n) is 4.28. The largest absolute Gasteiger partial charge is 0.496 e. The summed E-state index contributed by atoms with van der Waals surface area (Å²) in [5, 5.41) is 0. The SMILES string of the molecule is COc1ccc(C2(CN)CCCC2)cc1C1CCCC1. The highest BCUT2D eigenvalue weighted by Gasteiger charge is 2.35. The van der Waals surface area contributed by atoms with Gasteiger partial charge in [-0.3, -0.25) is 0 Å². The van der Waals surface area contributed by atoms with Gasteiger partial charge in [-0.2, -0.15) is 0 Å². The van der Waals surface area contributed by atoms with Gasteiger partial charge in [0.15, 0.2) is 0 Å². The van der Waals surface area contributed by atoms with E-state index >= 15 is 0 Å². The molecule has 110 valence electrons. The van der Waals surface area contributed by atoms with Gasteiger partial charge in [-0.05, 0) is 48.8 Å². The van der Waals surface area contributed by atoms with Crippen molar-refractivity contribution in [2.45, 2.75) is 62.7 Å². The minimum atomic E-state index is 0.236. The van der Waals surface area contributed by atoms with E-state index in [-0.39, 0.29) is 5.41 Å². The molecule has 1 aromatic rings. The average Bonchev–Trinajstić information content (AvgIpc) is 3.18. The molecular formula is C18H27NO. The highest BCUT2D eigenvalue weighted by Crippen LogP contribution is 2.44. The monoisotopic (exact) mass is 273 g/mol. The smallest absolute Gasteiger partial charge is 0.122 e. The first-order valence-electron chi connectivity index (χ1n) is 8.17. The van der Waals surface area contributed by atoms with Crippen molar-refractivity contribution in [2.24, 2.45) is 5.73 Å². The lowest BCUT2D eigenvalue weighted by molar-refractivity contribution is 0.402. The van der Waals surface area contributed by atoms with Crippen LogP contribution in [0, 0.1) is 0 Å². The number of nitrogens with two attached hydrogens (primary N) is 1. The van der Waals surface area contributed by atoms with Gasteiger partial charge in [-0.25, -0.2) is 0 Å². The Morgan fingerprint density at radius 1 is 1.15 bits per heavy atom. The second-order valence-corrected chi connectivity index (χ2v) is 6.63. The zero-order valence-electron chi connectivity index (χ0n) is 12.7. The van der Waals surface area contributed by atoms with Crippen LogP contribution in [-0.2, 0) is 5.41 Å². The summed E-state index contributed by atoms with van der Waals surface area (Å²) in [5.74, 6) is 1.77. The molecule has 0 spiro atoms. The standard InChI is InChI=1S/C18H27NO/c1-20-17-9-8-15(18(13-19)10-4-5-11-18)12-16(17)14-6-2-3-7-14/h8-9,12,14H,2-7,10-11,13,19H2,1H3. The van der Waals surface area contributed by atoms with Gasteiger partial charge in [0, 0.05) is 12.0 Å². The Morgan fingerprint density at radius 3 is 2.45 bits per heavy atom. The topological polar surface area (TPSA) is 35.2 Å². The summed E-state index contributed by atoms with van der Waals surface area (Å²) in [4.78, 5) is 0. The number of rotatable bonds is 4. The lowest BCUT2D eigenvalue weighted by atomic mass is 9.77. The van der Waals surface area contributed by atoms with Crippen LogP contribution < -0.4 is 10.5 Å². The van der Waals surface area contributed by atoms with Crippen molar-refractivity contribution in [3.63, 3.8) is 0 Å². The molecule has 0 aliphatic heterocycles. The highest BCUT2D eigenvalue weighted by molar-refractivity contribution is 5.43. The molecule has 3 rings (SSSR count). The van der Waals surface area contributed by atoms with Crippen LogP contribution in [0.15, 0.2) is 18.2 Å². The van der Waals surface area contributed by atoms with Crippen LogP contribution in [0.5, 0.6) is 5.75 Å². The predicted octanol–water partition coefficient (Wildman–Crippen LogP) is 4.12. The van der Waals surface area contributed by atoms with Crippen molar-refractivity contribution in [2.75, 3.05) is 13.7 Å². The van der Waals surface area contributed by atoms with Crippen LogP contribution in [0.3, 0.4) is 0 Å². The molecule has 0 bridgehead atoms. The molecule has 2 nitrogen and oxygen atoms in total. The normalized spacial score (nSPS) is 22.3. The summed E-state index contributed by atoms with van der Waals surface area (Å²) in [6.07, 6.45) is 10.5. The molecule has 20 heavy (non-hydrogen) atoms. The lowest BCUT2D eigenvalue weighted by Crippen LogP contribution is -2.32. The Hall–Kier alpha value is -1.02. The molecule has 2 saturated carbocycles. The molecule has 2 fully saturated rings. The van der Waals surface area contributed by atoms with E-state index < -0.39 is 0 Å². The van der Waals surface area contributed by atoms with Crippen LogP contribution in [0.2, 0.25) is 0 Å². The first-order chi connectivity index (χ1) is 9.79. The zero-order valence-corrected chi connectivity index (χ0v) is 12.7. The molecule has 2 heteroatoms. The van der Waals surface area contributed by atoms with Crippen molar-refractivity contribution in [1.82, 2.24) is 0 Å². The van der Waals surface area contributed by atoms with E-state index in [1.165, 1.54) is 62.5 Å². The van der Waals surface area contributed by atoms with Crippen molar-refractivity contribution < 1.29 is 4.74 Å². The van der Waals surface area contributed by atoms with Crippen molar-refractivity contribution in [3.05, 3.63) is 29.3 Å². The van der Waals surface area contributed by atoms with Crippen molar-refractivity contribution >= 4 is 0 Å². The van der Waals surface area contributed by atoms with E-state index in [0.29, 0.717) is 5.92 Å². The van der Waals surface area contributed by atoms with Gasteiger partial charge < -0.3 is 10.5 Å². The van der Waals surface area contributed by atoms with Crippen LogP contribution in [0.1, 0.15) is 68.4 Å². The van der Waals surface area contributed by atoms with E-state index in [9.17, 15) is 0 Å². The number of hydrogen-bond acceptors (Lipinski definition) is 2. The Kier molecular flexibility index (Phi) is 4.02. The Balaban J connectivity index is 1.98. The van der Waals surface area contributed by atoms with E-state index in [1.54, 1.807) is 7.11 Å². The summed E-state index contributed by atoms with van der Waals surface area (Å²) in [6, 6.07) is 6.86. The molecule has 0 aromatic heterocycles. The van der Waals surface area contributed by atoms with Gasteiger partial charge in [-0.15, -0.1) is 0 Å². The van der Waals surface area contributed by atoms with Gasteiger partial charge in [0.25, 0.3) is 0 Å². The fraction of sp³-hybridized carbons (Fsp3) is 0.667. The summed E-state index contributed by atoms with van der Waals surface area (Å²) in [7, 11) is 1.79. The Morgan fingerprint density at radius 2 is 1.85 bits per heavy atom. The van der Waals surface area contributed by atoms with Gasteiger partial charge in [-0.1, -0.05) is 37.8 Å². The summed E-state index contributed by atoms with van der Waals surface area (Å²) in [5.41, 5.74) is 9.27. The minimum Gasteiger partial charge on any atom is -0.496 e. The second kappa shape index (κ2) is 5.77. The molecular weight excluding hydrogens is 246 g/mol. The van der Waals surface area contributed by atoms with E-state index in [4.69, 9.17) is 10.5 Å². The molecule has 0 atom stereocenters. The summed E-state index contributed by atoms with van der Waals surface area (Å²) < 4.78 is 5.61. The molecule has 0 saturated heterocycles. The molecule has 0 amide bonds. The maximum atomic E-state index is 6.14. The second-order valence-electron chi connectivity index (χ2n) is 6.63. The number of methoxy groups -OCH3 is 1. The van der Waals surface area contributed by atoms with Crippen molar-refractivity contribution in [3.8, 4) is 5.75 Å². The van der Waals surface area contributed by atoms with Crippen LogP contribution in [-0.4, -0.2) is 13.7 Å². The van der Waals surface area contributed by atoms with Crippen LogP contribution in [0.4, 0.5) is 0 Å². The number of ether oxygens (including phenoxy) is 1. The zero-order chi connectivity index (χ0) is 14.0. The summed E-state index contributed by atoms with van der Waals surface area (Å²) >= 11 is 0. The average molecular weight is 273 g/mol. The quantitative estimate of drug-likeness (QED) is 0.895. The van der Waals surface area contributed by atoms with Gasteiger partial charge in [0.2, 0.25) is 0 Å². The minimum absolute atomic E-state index is 0.236. The van der Waals surface area contributed by atoms with Gasteiger partial charge in [0.1, 0.15) is 5.75 Å². The lowest BCUT2D eigenvalue weighted by Gasteiger charge is -2.29. The third kappa shape index (κ3) is 2.35. The highest BCUT2D eigenvalue weighted by atomic mass is 16.5. The van der Waals surface area contributed by atoms with E-state index in [1.807, 2.05) is 0 Å². The van der Waals surface area contributed by atoms with Crippen LogP contribution >= 0.6 is 0 Å². The molecule has 0 unspecified atom stereocenters. The van der Waals surface area contributed by atoms with Gasteiger partial charge in [0.05, 0.1) is 7.11 Å². The maximum absolute atomic E-state index is 6.14. The summed E-state index contributed by atoms with van der Waals surface area (Å²) in [6.45, 7) is 0.781. The van der Waals surface area contributed by atoms with Crippen LogP contribution in [0.25, 0.3) is 0 Å². The third-order valence-electron chi connectivity index (χ3n) is 5.59. The molecule has 2 aliphatic carbocycles. The fourth-order valence-corrected chi connectivity index (χ4v) is 4.28. The Bertz CT molecular complexity index is 456.